The Labute approximate surface area is 66.4 Å². The van der Waals surface area contributed by atoms with E-state index in [2.05, 4.69) is 10.6 Å². The fraction of sp³-hybridized carbons (Fsp3) is 0.714. The molecule has 64 valence electrons. The van der Waals surface area contributed by atoms with Gasteiger partial charge in [-0.1, -0.05) is 0 Å². The van der Waals surface area contributed by atoms with Gasteiger partial charge in [0.2, 0.25) is 12.3 Å². The van der Waals surface area contributed by atoms with Gasteiger partial charge in [-0.2, -0.15) is 0 Å². The predicted molar refractivity (Wildman–Crippen MR) is 42.0 cm³/mol. The zero-order valence-corrected chi connectivity index (χ0v) is 6.89. The molecule has 0 aromatic rings. The third kappa shape index (κ3) is 6.83. The highest BCUT2D eigenvalue weighted by atomic mass is 16.1. The van der Waals surface area contributed by atoms with E-state index in [4.69, 9.17) is 0 Å². The van der Waals surface area contributed by atoms with Crippen molar-refractivity contribution in [3.8, 4) is 0 Å². The van der Waals surface area contributed by atoms with E-state index in [0.717, 1.165) is 0 Å². The number of nitrogens with one attached hydrogen (secondary N) is 2. The Morgan fingerprint density at radius 2 is 2.18 bits per heavy atom. The third-order valence-electron chi connectivity index (χ3n) is 1.03. The van der Waals surface area contributed by atoms with Gasteiger partial charge in [0.1, 0.15) is 0 Å². The first-order chi connectivity index (χ1) is 5.16. The van der Waals surface area contributed by atoms with Crippen molar-refractivity contribution in [1.29, 1.82) is 0 Å². The average molecular weight is 158 g/mol. The maximum absolute atomic E-state index is 10.9. The highest BCUT2D eigenvalue weighted by molar-refractivity contribution is 5.76. The van der Waals surface area contributed by atoms with Crippen LogP contribution < -0.4 is 10.6 Å². The summed E-state index contributed by atoms with van der Waals surface area (Å²) < 4.78 is 0. The number of carbonyl (C=O) groups is 2. The molecule has 0 aliphatic carbocycles. The summed E-state index contributed by atoms with van der Waals surface area (Å²) in [5.74, 6) is -0.0330. The van der Waals surface area contributed by atoms with E-state index in [0.29, 0.717) is 19.4 Å². The molecule has 0 saturated heterocycles. The van der Waals surface area contributed by atoms with Crippen LogP contribution in [0.5, 0.6) is 0 Å². The summed E-state index contributed by atoms with van der Waals surface area (Å²) in [4.78, 5) is 20.6. The first-order valence-corrected chi connectivity index (χ1v) is 3.63. The lowest BCUT2D eigenvalue weighted by Crippen LogP contribution is -2.32. The molecule has 0 aromatic heterocycles. The molecule has 0 spiro atoms. The zero-order chi connectivity index (χ0) is 8.69. The molecule has 4 nitrogen and oxygen atoms in total. The highest BCUT2D eigenvalue weighted by Gasteiger charge is 2.00. The normalized spacial score (nSPS) is 9.36. The minimum atomic E-state index is -0.0330. The molecule has 4 heteroatoms. The maximum atomic E-state index is 10.9. The van der Waals surface area contributed by atoms with E-state index in [1.54, 1.807) is 0 Å². The van der Waals surface area contributed by atoms with Crippen LogP contribution in [0.15, 0.2) is 0 Å². The average Bonchev–Trinajstić information content (AvgIpc) is 1.86. The number of hydrogen-bond acceptors (Lipinski definition) is 2. The largest absolute Gasteiger partial charge is 0.358 e. The molecule has 2 amide bonds. The van der Waals surface area contributed by atoms with Crippen molar-refractivity contribution in [2.24, 2.45) is 0 Å². The lowest BCUT2D eigenvalue weighted by atomic mass is 10.3. The maximum Gasteiger partial charge on any atom is 0.221 e. The molecular weight excluding hydrogens is 144 g/mol. The topological polar surface area (TPSA) is 58.2 Å². The van der Waals surface area contributed by atoms with E-state index < -0.39 is 0 Å². The van der Waals surface area contributed by atoms with Crippen molar-refractivity contribution in [2.45, 2.75) is 26.3 Å². The fourth-order valence-corrected chi connectivity index (χ4v) is 0.639. The van der Waals surface area contributed by atoms with Crippen molar-refractivity contribution >= 4 is 12.3 Å². The summed E-state index contributed by atoms with van der Waals surface area (Å²) in [5, 5.41) is 5.12. The first-order valence-electron chi connectivity index (χ1n) is 3.63. The first kappa shape index (κ1) is 9.94. The molecule has 0 aliphatic rings. The van der Waals surface area contributed by atoms with Crippen LogP contribution in [0.3, 0.4) is 0 Å². The van der Waals surface area contributed by atoms with Gasteiger partial charge in [0.25, 0.3) is 0 Å². The van der Waals surface area contributed by atoms with Gasteiger partial charge in [0.15, 0.2) is 0 Å². The predicted octanol–water partition coefficient (Wildman–Crippen LogP) is -0.353. The van der Waals surface area contributed by atoms with E-state index in [-0.39, 0.29) is 11.9 Å². The van der Waals surface area contributed by atoms with Gasteiger partial charge in [-0.15, -0.1) is 0 Å². The molecule has 0 heterocycles. The molecule has 0 bridgehead atoms. The number of carbonyl (C=O) groups excluding carboxylic acids is 2. The van der Waals surface area contributed by atoms with E-state index >= 15 is 0 Å². The van der Waals surface area contributed by atoms with Crippen LogP contribution in [-0.2, 0) is 9.59 Å². The zero-order valence-electron chi connectivity index (χ0n) is 6.89. The summed E-state index contributed by atoms with van der Waals surface area (Å²) in [6.45, 7) is 4.19. The van der Waals surface area contributed by atoms with Gasteiger partial charge >= 0.3 is 0 Å². The summed E-state index contributed by atoms with van der Waals surface area (Å²) in [5.41, 5.74) is 0. The highest BCUT2D eigenvalue weighted by Crippen LogP contribution is 1.80. The molecule has 0 aromatic carbocycles. The molecular formula is C7H14N2O2. The van der Waals surface area contributed by atoms with Crippen LogP contribution in [0.4, 0.5) is 0 Å². The van der Waals surface area contributed by atoms with Crippen LogP contribution in [0.1, 0.15) is 20.3 Å². The Balaban J connectivity index is 3.30. The van der Waals surface area contributed by atoms with Gasteiger partial charge in [-0.05, 0) is 13.8 Å². The Morgan fingerprint density at radius 1 is 1.55 bits per heavy atom. The molecule has 0 rings (SSSR count). The van der Waals surface area contributed by atoms with Crippen LogP contribution in [0.25, 0.3) is 0 Å². The molecule has 0 saturated carbocycles. The quantitative estimate of drug-likeness (QED) is 0.424. The van der Waals surface area contributed by atoms with E-state index in [1.807, 2.05) is 13.8 Å². The Kier molecular flexibility index (Phi) is 5.15. The molecule has 11 heavy (non-hydrogen) atoms. The van der Waals surface area contributed by atoms with Crippen LogP contribution >= 0.6 is 0 Å². The van der Waals surface area contributed by atoms with Gasteiger partial charge in [-0.25, -0.2) is 0 Å². The second-order valence-electron chi connectivity index (χ2n) is 2.54. The van der Waals surface area contributed by atoms with Crippen molar-refractivity contribution in [3.63, 3.8) is 0 Å². The summed E-state index contributed by atoms with van der Waals surface area (Å²) >= 11 is 0. The van der Waals surface area contributed by atoms with Crippen LogP contribution in [0.2, 0.25) is 0 Å². The van der Waals surface area contributed by atoms with Crippen molar-refractivity contribution in [3.05, 3.63) is 0 Å². The van der Waals surface area contributed by atoms with Crippen molar-refractivity contribution < 1.29 is 9.59 Å². The molecule has 0 fully saturated rings. The monoisotopic (exact) mass is 158 g/mol. The molecule has 0 radical (unpaired) electrons. The third-order valence-corrected chi connectivity index (χ3v) is 1.03. The molecule has 0 aliphatic heterocycles. The van der Waals surface area contributed by atoms with Gasteiger partial charge in [0, 0.05) is 19.0 Å². The lowest BCUT2D eigenvalue weighted by Gasteiger charge is -2.06. The van der Waals surface area contributed by atoms with E-state index in [1.165, 1.54) is 0 Å². The number of hydrogen-bond donors (Lipinski definition) is 2. The van der Waals surface area contributed by atoms with Crippen LogP contribution in [-0.4, -0.2) is 24.9 Å². The van der Waals surface area contributed by atoms with Crippen molar-refractivity contribution in [2.75, 3.05) is 6.54 Å². The standard InChI is InChI=1S/C7H14N2O2/c1-6(2)9-7(11)3-4-8-5-10/h5-6H,3-4H2,1-2H3,(H,8,10)(H,9,11). The molecule has 0 atom stereocenters. The Bertz CT molecular complexity index is 134. The Morgan fingerprint density at radius 3 is 2.64 bits per heavy atom. The van der Waals surface area contributed by atoms with E-state index in [9.17, 15) is 9.59 Å². The SMILES string of the molecule is CC(C)NC(=O)CCNC=O. The lowest BCUT2D eigenvalue weighted by molar-refractivity contribution is -0.121. The summed E-state index contributed by atoms with van der Waals surface area (Å²) in [6.07, 6.45) is 0.930. The minimum Gasteiger partial charge on any atom is -0.358 e. The number of rotatable bonds is 5. The molecule has 0 unspecified atom stereocenters. The van der Waals surface area contributed by atoms with Crippen LogP contribution in [0, 0.1) is 0 Å². The number of amides is 2. The second-order valence-corrected chi connectivity index (χ2v) is 2.54. The summed E-state index contributed by atoms with van der Waals surface area (Å²) in [7, 11) is 0. The fourth-order valence-electron chi connectivity index (χ4n) is 0.639. The Hall–Kier alpha value is -1.06. The summed E-state index contributed by atoms with van der Waals surface area (Å²) in [6, 6.07) is 0.165. The van der Waals surface area contributed by atoms with Gasteiger partial charge in [0.05, 0.1) is 0 Å². The molecule has 2 N–H and O–H groups in total. The van der Waals surface area contributed by atoms with Gasteiger partial charge < -0.3 is 10.6 Å². The van der Waals surface area contributed by atoms with Crippen molar-refractivity contribution in [1.82, 2.24) is 10.6 Å². The second kappa shape index (κ2) is 5.70. The minimum absolute atomic E-state index is 0.0330. The smallest absolute Gasteiger partial charge is 0.221 e. The van der Waals surface area contributed by atoms with Gasteiger partial charge in [-0.3, -0.25) is 9.59 Å².